The summed E-state index contributed by atoms with van der Waals surface area (Å²) in [5.41, 5.74) is 3.06. The summed E-state index contributed by atoms with van der Waals surface area (Å²) in [6, 6.07) is 18.7. The molecule has 2 unspecified atom stereocenters. The highest BCUT2D eigenvalue weighted by Gasteiger charge is 2.41. The fraction of sp³-hybridized carbons (Fsp3) is 0.440. The zero-order valence-corrected chi connectivity index (χ0v) is 21.7. The number of hydrogen-bond donors (Lipinski definition) is 2. The van der Waals surface area contributed by atoms with Gasteiger partial charge in [-0.25, -0.2) is 0 Å². The fourth-order valence-electron chi connectivity index (χ4n) is 4.54. The van der Waals surface area contributed by atoms with Crippen molar-refractivity contribution in [2.45, 2.75) is 32.2 Å². The second kappa shape index (κ2) is 12.3. The van der Waals surface area contributed by atoms with Crippen LogP contribution < -0.4 is 10.6 Å². The molecule has 2 fully saturated rings. The van der Waals surface area contributed by atoms with Crippen LogP contribution in [0.3, 0.4) is 0 Å². The van der Waals surface area contributed by atoms with Crippen molar-refractivity contribution in [2.75, 3.05) is 39.8 Å². The lowest BCUT2D eigenvalue weighted by Gasteiger charge is -2.36. The quantitative estimate of drug-likeness (QED) is 0.322. The molecule has 2 aromatic rings. The van der Waals surface area contributed by atoms with Crippen LogP contribution in [-0.2, 0) is 17.8 Å². The van der Waals surface area contributed by atoms with Gasteiger partial charge in [-0.05, 0) is 30.2 Å². The summed E-state index contributed by atoms with van der Waals surface area (Å²) in [4.78, 5) is 21.5. The summed E-state index contributed by atoms with van der Waals surface area (Å²) >= 11 is 0. The predicted molar refractivity (Wildman–Crippen MR) is 142 cm³/mol. The maximum absolute atomic E-state index is 12.1. The number of likely N-dealkylation sites (tertiary alicyclic amines) is 1. The van der Waals surface area contributed by atoms with Crippen LogP contribution in [0.2, 0.25) is 0 Å². The van der Waals surface area contributed by atoms with Crippen LogP contribution in [0.1, 0.15) is 28.4 Å². The number of ether oxygens (including phenoxy) is 1. The van der Waals surface area contributed by atoms with Gasteiger partial charge in [-0.3, -0.25) is 14.7 Å². The molecule has 0 radical (unpaired) electrons. The van der Waals surface area contributed by atoms with E-state index in [0.29, 0.717) is 24.7 Å². The molecule has 8 heteroatoms. The van der Waals surface area contributed by atoms with Crippen molar-refractivity contribution in [3.8, 4) is 0 Å². The van der Waals surface area contributed by atoms with E-state index in [1.807, 2.05) is 38.2 Å². The Balaban J connectivity index is 0.00000306. The second-order valence-corrected chi connectivity index (χ2v) is 8.30. The normalized spacial score (nSPS) is 20.7. The van der Waals surface area contributed by atoms with Crippen molar-refractivity contribution in [1.29, 1.82) is 0 Å². The van der Waals surface area contributed by atoms with Crippen molar-refractivity contribution in [2.24, 2.45) is 4.99 Å². The van der Waals surface area contributed by atoms with Crippen LogP contribution in [0.4, 0.5) is 0 Å². The fourth-order valence-corrected chi connectivity index (χ4v) is 4.54. The summed E-state index contributed by atoms with van der Waals surface area (Å²) in [5.74, 6) is 0.823. The standard InChI is InChI=1S/C25H33N5O2.HI/c1-3-27-24(31)21-11-7-10-20(14-21)15-28-25(26-2)30-17-22-23(18-30)32-13-12-29(22)16-19-8-5-4-6-9-19;/h4-11,14,22-23H,3,12-13,15-18H2,1-2H3,(H,26,28)(H,27,31);1H. The number of morpholine rings is 1. The first-order valence-electron chi connectivity index (χ1n) is 11.4. The van der Waals surface area contributed by atoms with Crippen LogP contribution >= 0.6 is 24.0 Å². The van der Waals surface area contributed by atoms with E-state index in [9.17, 15) is 4.79 Å². The first-order valence-corrected chi connectivity index (χ1v) is 11.4. The second-order valence-electron chi connectivity index (χ2n) is 8.30. The van der Waals surface area contributed by atoms with Gasteiger partial charge in [-0.15, -0.1) is 24.0 Å². The third-order valence-corrected chi connectivity index (χ3v) is 6.13. The van der Waals surface area contributed by atoms with Crippen LogP contribution in [-0.4, -0.2) is 73.6 Å². The molecule has 0 spiro atoms. The molecule has 7 nitrogen and oxygen atoms in total. The molecule has 0 aliphatic carbocycles. The lowest BCUT2D eigenvalue weighted by Crippen LogP contribution is -2.50. The molecule has 33 heavy (non-hydrogen) atoms. The third-order valence-electron chi connectivity index (χ3n) is 6.13. The smallest absolute Gasteiger partial charge is 0.251 e. The van der Waals surface area contributed by atoms with E-state index >= 15 is 0 Å². The predicted octanol–water partition coefficient (Wildman–Crippen LogP) is 2.71. The van der Waals surface area contributed by atoms with E-state index in [0.717, 1.165) is 44.3 Å². The average Bonchev–Trinajstić information content (AvgIpc) is 3.26. The van der Waals surface area contributed by atoms with E-state index < -0.39 is 0 Å². The number of carbonyl (C=O) groups is 1. The number of nitrogens with zero attached hydrogens (tertiary/aromatic N) is 3. The lowest BCUT2D eigenvalue weighted by molar-refractivity contribution is -0.0502. The van der Waals surface area contributed by atoms with Gasteiger partial charge in [-0.1, -0.05) is 42.5 Å². The van der Waals surface area contributed by atoms with Crippen LogP contribution in [0.25, 0.3) is 0 Å². The van der Waals surface area contributed by atoms with Gasteiger partial charge in [0.1, 0.15) is 0 Å². The molecule has 0 saturated carbocycles. The minimum Gasteiger partial charge on any atom is -0.373 e. The first-order chi connectivity index (χ1) is 15.7. The number of amides is 1. The first kappa shape index (κ1) is 25.5. The van der Waals surface area contributed by atoms with Crippen molar-refractivity contribution < 1.29 is 9.53 Å². The molecule has 4 rings (SSSR count). The number of rotatable bonds is 6. The van der Waals surface area contributed by atoms with Crippen molar-refractivity contribution in [3.05, 3.63) is 71.3 Å². The van der Waals surface area contributed by atoms with Gasteiger partial charge in [0.05, 0.1) is 18.8 Å². The highest BCUT2D eigenvalue weighted by atomic mass is 127. The largest absolute Gasteiger partial charge is 0.373 e. The Morgan fingerprint density at radius 3 is 2.64 bits per heavy atom. The number of nitrogens with one attached hydrogen (secondary N) is 2. The topological polar surface area (TPSA) is 69.2 Å². The molecule has 2 N–H and O–H groups in total. The summed E-state index contributed by atoms with van der Waals surface area (Å²) in [6.45, 7) is 7.52. The maximum Gasteiger partial charge on any atom is 0.251 e. The highest BCUT2D eigenvalue weighted by molar-refractivity contribution is 14.0. The van der Waals surface area contributed by atoms with Gasteiger partial charge >= 0.3 is 0 Å². The Morgan fingerprint density at radius 1 is 1.09 bits per heavy atom. The minimum atomic E-state index is -0.0435. The van der Waals surface area contributed by atoms with Crippen LogP contribution in [0.5, 0.6) is 0 Å². The summed E-state index contributed by atoms with van der Waals surface area (Å²) in [7, 11) is 1.82. The molecule has 0 bridgehead atoms. The number of fused-ring (bicyclic) bond motifs is 1. The van der Waals surface area contributed by atoms with Crippen molar-refractivity contribution >= 4 is 35.8 Å². The maximum atomic E-state index is 12.1. The van der Waals surface area contributed by atoms with E-state index in [1.165, 1.54) is 5.56 Å². The molecule has 2 aliphatic rings. The van der Waals surface area contributed by atoms with Gasteiger partial charge in [0.15, 0.2) is 5.96 Å². The third kappa shape index (κ3) is 6.45. The van der Waals surface area contributed by atoms with Crippen molar-refractivity contribution in [1.82, 2.24) is 20.4 Å². The van der Waals surface area contributed by atoms with E-state index in [-0.39, 0.29) is 36.0 Å². The zero-order valence-electron chi connectivity index (χ0n) is 19.4. The summed E-state index contributed by atoms with van der Waals surface area (Å²) < 4.78 is 6.11. The molecule has 2 heterocycles. The Kier molecular flexibility index (Phi) is 9.52. The van der Waals surface area contributed by atoms with Gasteiger partial charge < -0.3 is 20.3 Å². The van der Waals surface area contributed by atoms with Crippen LogP contribution in [0, 0.1) is 0 Å². The Morgan fingerprint density at radius 2 is 1.88 bits per heavy atom. The van der Waals surface area contributed by atoms with E-state index in [2.05, 4.69) is 55.8 Å². The van der Waals surface area contributed by atoms with Crippen LogP contribution in [0.15, 0.2) is 59.6 Å². The molecule has 2 aromatic carbocycles. The Hall–Kier alpha value is -2.17. The molecule has 178 valence electrons. The Bertz CT molecular complexity index is 939. The van der Waals surface area contributed by atoms with Gasteiger partial charge in [-0.2, -0.15) is 0 Å². The summed E-state index contributed by atoms with van der Waals surface area (Å²) in [5, 5.41) is 6.32. The minimum absolute atomic E-state index is 0. The number of halogens is 1. The number of aliphatic imine (C=N–C) groups is 1. The zero-order chi connectivity index (χ0) is 22.3. The number of carbonyl (C=O) groups excluding carboxylic acids is 1. The molecule has 1 amide bonds. The average molecular weight is 563 g/mol. The van der Waals surface area contributed by atoms with E-state index in [4.69, 9.17) is 4.74 Å². The van der Waals surface area contributed by atoms with E-state index in [1.54, 1.807) is 0 Å². The Labute approximate surface area is 213 Å². The van der Waals surface area contributed by atoms with Crippen molar-refractivity contribution in [3.63, 3.8) is 0 Å². The van der Waals surface area contributed by atoms with Gasteiger partial charge in [0.25, 0.3) is 5.91 Å². The highest BCUT2D eigenvalue weighted by Crippen LogP contribution is 2.24. The summed E-state index contributed by atoms with van der Waals surface area (Å²) in [6.07, 6.45) is 0.187. The molecular weight excluding hydrogens is 529 g/mol. The molecule has 2 saturated heterocycles. The van der Waals surface area contributed by atoms with Gasteiger partial charge in [0.2, 0.25) is 0 Å². The number of benzene rings is 2. The SMILES string of the molecule is CCNC(=O)c1cccc(CNC(=NC)N2CC3OCCN(Cc4ccccc4)C3C2)c1.I. The molecule has 0 aromatic heterocycles. The monoisotopic (exact) mass is 563 g/mol. The number of hydrogen-bond acceptors (Lipinski definition) is 4. The number of guanidine groups is 1. The van der Waals surface area contributed by atoms with Gasteiger partial charge in [0, 0.05) is 51.9 Å². The molecule has 2 atom stereocenters. The lowest BCUT2D eigenvalue weighted by atomic mass is 10.1. The molecular formula is C25H34IN5O2. The molecule has 2 aliphatic heterocycles.